The second-order valence-electron chi connectivity index (χ2n) is 7.00. The van der Waals surface area contributed by atoms with E-state index in [9.17, 15) is 4.79 Å². The highest BCUT2D eigenvalue weighted by Crippen LogP contribution is 2.36. The summed E-state index contributed by atoms with van der Waals surface area (Å²) in [7, 11) is 5.19. The predicted octanol–water partition coefficient (Wildman–Crippen LogP) is 4.29. The molecule has 1 aliphatic heterocycles. The van der Waals surface area contributed by atoms with Crippen molar-refractivity contribution in [3.63, 3.8) is 0 Å². The van der Waals surface area contributed by atoms with Crippen LogP contribution >= 0.6 is 11.6 Å². The van der Waals surface area contributed by atoms with Gasteiger partial charge in [-0.15, -0.1) is 0 Å². The molecule has 2 heterocycles. The van der Waals surface area contributed by atoms with E-state index in [-0.39, 0.29) is 6.03 Å². The Hall–Kier alpha value is -2.51. The number of benzene rings is 1. The molecule has 0 bridgehead atoms. The number of carbonyl (C=O) groups is 1. The van der Waals surface area contributed by atoms with E-state index in [0.29, 0.717) is 29.1 Å². The van der Waals surface area contributed by atoms with E-state index in [1.807, 2.05) is 35.9 Å². The molecule has 158 valence electrons. The first-order valence-corrected chi connectivity index (χ1v) is 10.1. The number of hydrogen-bond donors (Lipinski definition) is 2. The second-order valence-corrected chi connectivity index (χ2v) is 7.44. The monoisotopic (exact) mass is 418 g/mol. The molecule has 1 aromatic carbocycles. The first-order chi connectivity index (χ1) is 13.8. The number of imidazole rings is 1. The average molecular weight is 419 g/mol. The summed E-state index contributed by atoms with van der Waals surface area (Å²) in [6.07, 6.45) is 2.15. The lowest BCUT2D eigenvalue weighted by Gasteiger charge is -2.34. The van der Waals surface area contributed by atoms with Crippen LogP contribution in [0, 0.1) is 0 Å². The molecule has 0 saturated carbocycles. The van der Waals surface area contributed by atoms with Crippen molar-refractivity contribution in [3.8, 4) is 0 Å². The Morgan fingerprint density at radius 1 is 1.24 bits per heavy atom. The van der Waals surface area contributed by atoms with Crippen molar-refractivity contribution in [1.29, 1.82) is 0 Å². The van der Waals surface area contributed by atoms with Gasteiger partial charge in [-0.1, -0.05) is 43.7 Å². The van der Waals surface area contributed by atoms with E-state index in [2.05, 4.69) is 36.5 Å². The number of hydrogen-bond acceptors (Lipinski definition) is 4. The largest absolute Gasteiger partial charge is 0.353 e. The summed E-state index contributed by atoms with van der Waals surface area (Å²) in [5.41, 5.74) is 6.98. The van der Waals surface area contributed by atoms with Gasteiger partial charge in [0.2, 0.25) is 5.95 Å². The van der Waals surface area contributed by atoms with Crippen LogP contribution in [0.5, 0.6) is 0 Å². The van der Waals surface area contributed by atoms with Gasteiger partial charge >= 0.3 is 6.03 Å². The number of nitrogens with one attached hydrogen (secondary N) is 1. The topological polar surface area (TPSA) is 79.4 Å². The molecule has 1 aliphatic rings. The van der Waals surface area contributed by atoms with E-state index >= 15 is 0 Å². The van der Waals surface area contributed by atoms with Crippen molar-refractivity contribution in [3.05, 3.63) is 47.1 Å². The number of nitrogens with two attached hydrogens (primary N) is 1. The zero-order valence-corrected chi connectivity index (χ0v) is 18.6. The lowest BCUT2D eigenvalue weighted by atomic mass is 10.1. The zero-order chi connectivity index (χ0) is 21.7. The van der Waals surface area contributed by atoms with E-state index in [1.165, 1.54) is 7.05 Å². The van der Waals surface area contributed by atoms with Crippen LogP contribution in [-0.4, -0.2) is 40.6 Å². The minimum Gasteiger partial charge on any atom is -0.353 e. The molecule has 1 aromatic heterocycles. The molecule has 0 aliphatic carbocycles. The normalized spacial score (nSPS) is 14.3. The van der Waals surface area contributed by atoms with E-state index in [4.69, 9.17) is 11.6 Å². The lowest BCUT2D eigenvalue weighted by Crippen LogP contribution is -2.44. The Morgan fingerprint density at radius 3 is 2.45 bits per heavy atom. The second kappa shape index (κ2) is 9.80. The van der Waals surface area contributed by atoms with Crippen LogP contribution in [0.25, 0.3) is 5.70 Å². The lowest BCUT2D eigenvalue weighted by molar-refractivity contribution is 0.222. The van der Waals surface area contributed by atoms with Gasteiger partial charge in [-0.3, -0.25) is 9.80 Å². The molecule has 29 heavy (non-hydrogen) atoms. The highest BCUT2D eigenvalue weighted by molar-refractivity contribution is 6.30. The molecular weight excluding hydrogens is 388 g/mol. The molecule has 8 heteroatoms. The van der Waals surface area contributed by atoms with Gasteiger partial charge in [0.25, 0.3) is 0 Å². The minimum absolute atomic E-state index is 0.145. The van der Waals surface area contributed by atoms with Gasteiger partial charge in [-0.05, 0) is 38.1 Å². The smallest absolute Gasteiger partial charge is 0.330 e. The van der Waals surface area contributed by atoms with Crippen LogP contribution in [0.3, 0.4) is 0 Å². The van der Waals surface area contributed by atoms with Crippen molar-refractivity contribution in [2.75, 3.05) is 24.3 Å². The number of nitrogens with zero attached hydrogens (tertiary/aromatic N) is 4. The van der Waals surface area contributed by atoms with Crippen molar-refractivity contribution in [2.24, 2.45) is 12.8 Å². The molecule has 1 atom stereocenters. The molecule has 7 nitrogen and oxygen atoms in total. The summed E-state index contributed by atoms with van der Waals surface area (Å²) in [6, 6.07) is 7.64. The Kier molecular flexibility index (Phi) is 7.70. The molecular formula is C21H31ClN6O. The molecule has 3 N–H and O–H groups in total. The third kappa shape index (κ3) is 4.74. The fraction of sp³-hybridized carbons (Fsp3) is 0.429. The Morgan fingerprint density at radius 2 is 1.86 bits per heavy atom. The molecule has 0 saturated heterocycles. The van der Waals surface area contributed by atoms with Crippen molar-refractivity contribution >= 4 is 35.1 Å². The molecule has 1 unspecified atom stereocenters. The van der Waals surface area contributed by atoms with Crippen molar-refractivity contribution < 1.29 is 4.79 Å². The van der Waals surface area contributed by atoms with E-state index < -0.39 is 0 Å². The van der Waals surface area contributed by atoms with E-state index in [0.717, 1.165) is 30.0 Å². The van der Waals surface area contributed by atoms with Crippen LogP contribution in [0.1, 0.15) is 37.9 Å². The Balaban J connectivity index is 0.00000145. The summed E-state index contributed by atoms with van der Waals surface area (Å²) >= 11 is 5.96. The SMILES string of the molecule is C=C1c2c(nc(NC(C)CCC)n2C)N(C)C(=O)N1Cc1ccc(Cl)cc1.CN. The van der Waals surface area contributed by atoms with Gasteiger partial charge in [0.1, 0.15) is 5.69 Å². The Bertz CT molecular complexity index is 861. The maximum absolute atomic E-state index is 12.9. The average Bonchev–Trinajstić information content (AvgIpc) is 3.03. The number of carbonyl (C=O) groups excluding carboxylic acids is 1. The van der Waals surface area contributed by atoms with Gasteiger partial charge < -0.3 is 15.6 Å². The van der Waals surface area contributed by atoms with Crippen molar-refractivity contribution in [2.45, 2.75) is 39.3 Å². The van der Waals surface area contributed by atoms with Gasteiger partial charge in [-0.2, -0.15) is 4.98 Å². The summed E-state index contributed by atoms with van der Waals surface area (Å²) in [5.74, 6) is 1.38. The predicted molar refractivity (Wildman–Crippen MR) is 121 cm³/mol. The molecule has 0 fully saturated rings. The summed E-state index contributed by atoms with van der Waals surface area (Å²) in [5, 5.41) is 4.11. The summed E-state index contributed by atoms with van der Waals surface area (Å²) in [4.78, 5) is 20.8. The van der Waals surface area contributed by atoms with Crippen LogP contribution in [-0.2, 0) is 13.6 Å². The number of fused-ring (bicyclic) bond motifs is 1. The number of aromatic nitrogens is 2. The van der Waals surface area contributed by atoms with Gasteiger partial charge in [0.05, 0.1) is 12.2 Å². The highest BCUT2D eigenvalue weighted by Gasteiger charge is 2.35. The number of amides is 2. The minimum atomic E-state index is -0.145. The standard InChI is InChI=1S/C20H26ClN5O.CH5N/c1-6-7-13(2)22-19-23-18-17(24(19)4)14(3)26(20(27)25(18)5)12-15-8-10-16(21)11-9-15;1-2/h8-11,13H,3,6-7,12H2,1-2,4-5H3,(H,22,23);2H2,1H3. The molecule has 0 radical (unpaired) electrons. The third-order valence-corrected chi connectivity index (χ3v) is 5.11. The number of rotatable bonds is 6. The van der Waals surface area contributed by atoms with Crippen molar-refractivity contribution in [1.82, 2.24) is 14.5 Å². The van der Waals surface area contributed by atoms with Gasteiger partial charge in [0.15, 0.2) is 5.82 Å². The van der Waals surface area contributed by atoms with Gasteiger partial charge in [0, 0.05) is 25.2 Å². The van der Waals surface area contributed by atoms with Crippen LogP contribution in [0.2, 0.25) is 5.02 Å². The number of urea groups is 1. The van der Waals surface area contributed by atoms with Gasteiger partial charge in [-0.25, -0.2) is 4.79 Å². The highest BCUT2D eigenvalue weighted by atomic mass is 35.5. The fourth-order valence-electron chi connectivity index (χ4n) is 3.35. The first kappa shape index (κ1) is 22.8. The third-order valence-electron chi connectivity index (χ3n) is 4.86. The maximum atomic E-state index is 12.9. The Labute approximate surface area is 178 Å². The molecule has 2 amide bonds. The van der Waals surface area contributed by atoms with Crippen LogP contribution in [0.4, 0.5) is 16.6 Å². The quantitative estimate of drug-likeness (QED) is 0.733. The molecule has 3 rings (SSSR count). The van der Waals surface area contributed by atoms with E-state index in [1.54, 1.807) is 16.8 Å². The number of anilines is 2. The molecule has 0 spiro atoms. The maximum Gasteiger partial charge on any atom is 0.330 e. The fourth-order valence-corrected chi connectivity index (χ4v) is 3.47. The molecule has 2 aromatic rings. The first-order valence-electron chi connectivity index (χ1n) is 9.73. The van der Waals surface area contributed by atoms with Crippen LogP contribution in [0.15, 0.2) is 30.8 Å². The number of halogens is 1. The zero-order valence-electron chi connectivity index (χ0n) is 17.9. The van der Waals surface area contributed by atoms with Crippen LogP contribution < -0.4 is 16.0 Å². The summed E-state index contributed by atoms with van der Waals surface area (Å²) < 4.78 is 1.97. The summed E-state index contributed by atoms with van der Waals surface area (Å²) in [6.45, 7) is 8.91.